The van der Waals surface area contributed by atoms with E-state index in [9.17, 15) is 19.4 Å². The molecular weight excluding hydrogens is 417 g/mol. The molecule has 0 aliphatic carbocycles. The molecule has 1 fully saturated rings. The predicted octanol–water partition coefficient (Wildman–Crippen LogP) is 4.05. The van der Waals surface area contributed by atoms with Crippen LogP contribution in [-0.2, 0) is 4.74 Å². The van der Waals surface area contributed by atoms with Crippen LogP contribution in [0.2, 0.25) is 0 Å². The number of amides is 1. The van der Waals surface area contributed by atoms with Gasteiger partial charge in [-0.15, -0.1) is 0 Å². The molecular formula is C24H22FNO6. The summed E-state index contributed by atoms with van der Waals surface area (Å²) >= 11 is 0. The lowest BCUT2D eigenvalue weighted by atomic mass is 9.96. The molecule has 3 aromatic rings. The van der Waals surface area contributed by atoms with E-state index in [1.54, 1.807) is 36.4 Å². The Bertz CT molecular complexity index is 1070. The van der Waals surface area contributed by atoms with Crippen LogP contribution in [0.3, 0.4) is 0 Å². The van der Waals surface area contributed by atoms with Crippen molar-refractivity contribution in [1.82, 2.24) is 0 Å². The van der Waals surface area contributed by atoms with Crippen molar-refractivity contribution in [3.05, 3.63) is 84.2 Å². The molecule has 166 valence electrons. The van der Waals surface area contributed by atoms with Crippen molar-refractivity contribution >= 4 is 11.8 Å². The summed E-state index contributed by atoms with van der Waals surface area (Å²) in [7, 11) is 1.54. The van der Waals surface area contributed by atoms with E-state index in [2.05, 4.69) is 0 Å². The second-order valence-electron chi connectivity index (χ2n) is 7.29. The Morgan fingerprint density at radius 2 is 1.75 bits per heavy atom. The first-order valence-corrected chi connectivity index (χ1v) is 9.95. The minimum absolute atomic E-state index is 0.0609. The standard InChI is InChI=1S/C24H22FNO6/c1-30-19-3-2-4-20(13-19)31-14-21(28)23-22(15-5-11-18(27)12-6-15)26(24(29)32-23)17-9-7-16(25)8-10-17/h2-13,21-23,27-28H,14H2,1H3/t21?,22-,23?/m1/s1. The van der Waals surface area contributed by atoms with Crippen LogP contribution in [-0.4, -0.2) is 42.2 Å². The number of ether oxygens (including phenoxy) is 3. The van der Waals surface area contributed by atoms with E-state index < -0.39 is 30.2 Å². The summed E-state index contributed by atoms with van der Waals surface area (Å²) in [6, 6.07) is 17.9. The van der Waals surface area contributed by atoms with Gasteiger partial charge in [0.05, 0.1) is 7.11 Å². The van der Waals surface area contributed by atoms with Gasteiger partial charge in [0.15, 0.2) is 6.10 Å². The van der Waals surface area contributed by atoms with E-state index in [0.717, 1.165) is 0 Å². The topological polar surface area (TPSA) is 88.5 Å². The number of phenols is 1. The van der Waals surface area contributed by atoms with Crippen molar-refractivity contribution < 1.29 is 33.6 Å². The van der Waals surface area contributed by atoms with Crippen molar-refractivity contribution in [2.75, 3.05) is 18.6 Å². The molecule has 32 heavy (non-hydrogen) atoms. The number of methoxy groups -OCH3 is 1. The number of aliphatic hydroxyl groups excluding tert-OH is 1. The first-order chi connectivity index (χ1) is 15.5. The Morgan fingerprint density at radius 1 is 1.06 bits per heavy atom. The summed E-state index contributed by atoms with van der Waals surface area (Å²) in [4.78, 5) is 14.1. The van der Waals surface area contributed by atoms with Gasteiger partial charge in [-0.2, -0.15) is 0 Å². The Balaban J connectivity index is 1.61. The SMILES string of the molecule is COc1cccc(OCC(O)C2OC(=O)N(c3ccc(F)cc3)[C@@H]2c2ccc(O)cc2)c1. The molecule has 0 radical (unpaired) electrons. The number of carbonyl (C=O) groups is 1. The number of aliphatic hydroxyl groups is 1. The van der Waals surface area contributed by atoms with Crippen LogP contribution in [0.1, 0.15) is 11.6 Å². The highest BCUT2D eigenvalue weighted by molar-refractivity contribution is 5.91. The Labute approximate surface area is 184 Å². The van der Waals surface area contributed by atoms with Crippen LogP contribution in [0.4, 0.5) is 14.9 Å². The third-order valence-corrected chi connectivity index (χ3v) is 5.20. The monoisotopic (exact) mass is 439 g/mol. The summed E-state index contributed by atoms with van der Waals surface area (Å²) in [5.74, 6) is 0.717. The number of phenolic OH excluding ortho intramolecular Hbond substituents is 1. The van der Waals surface area contributed by atoms with Gasteiger partial charge in [0.1, 0.15) is 41.8 Å². The average Bonchev–Trinajstić information content (AvgIpc) is 3.15. The summed E-state index contributed by atoms with van der Waals surface area (Å²) in [5, 5.41) is 20.5. The van der Waals surface area contributed by atoms with Gasteiger partial charge in [0.2, 0.25) is 0 Å². The molecule has 8 heteroatoms. The lowest BCUT2D eigenvalue weighted by molar-refractivity contribution is -0.00649. The number of hydrogen-bond donors (Lipinski definition) is 2. The molecule has 0 spiro atoms. The van der Waals surface area contributed by atoms with Gasteiger partial charge in [-0.05, 0) is 54.1 Å². The maximum Gasteiger partial charge on any atom is 0.415 e. The van der Waals surface area contributed by atoms with Crippen LogP contribution in [0.5, 0.6) is 17.2 Å². The molecule has 3 atom stereocenters. The predicted molar refractivity (Wildman–Crippen MR) is 114 cm³/mol. The molecule has 7 nitrogen and oxygen atoms in total. The highest BCUT2D eigenvalue weighted by Gasteiger charge is 2.47. The third kappa shape index (κ3) is 4.45. The van der Waals surface area contributed by atoms with Crippen LogP contribution in [0.25, 0.3) is 0 Å². The number of rotatable bonds is 7. The van der Waals surface area contributed by atoms with Crippen molar-refractivity contribution in [3.8, 4) is 17.2 Å². The first kappa shape index (κ1) is 21.5. The zero-order valence-electron chi connectivity index (χ0n) is 17.2. The molecule has 4 rings (SSSR count). The fourth-order valence-corrected chi connectivity index (χ4v) is 3.63. The van der Waals surface area contributed by atoms with Crippen molar-refractivity contribution in [1.29, 1.82) is 0 Å². The number of hydrogen-bond acceptors (Lipinski definition) is 6. The number of benzene rings is 3. The van der Waals surface area contributed by atoms with Crippen LogP contribution < -0.4 is 14.4 Å². The van der Waals surface area contributed by atoms with E-state index in [-0.39, 0.29) is 12.4 Å². The van der Waals surface area contributed by atoms with Gasteiger partial charge >= 0.3 is 6.09 Å². The number of nitrogens with zero attached hydrogens (tertiary/aromatic N) is 1. The highest BCUT2D eigenvalue weighted by Crippen LogP contribution is 2.39. The number of anilines is 1. The molecule has 1 heterocycles. The maximum absolute atomic E-state index is 13.4. The normalized spacial score (nSPS) is 18.8. The van der Waals surface area contributed by atoms with Crippen molar-refractivity contribution in [2.24, 2.45) is 0 Å². The van der Waals surface area contributed by atoms with E-state index in [1.807, 2.05) is 0 Å². The Morgan fingerprint density at radius 3 is 2.44 bits per heavy atom. The zero-order chi connectivity index (χ0) is 22.7. The van der Waals surface area contributed by atoms with Crippen molar-refractivity contribution in [2.45, 2.75) is 18.2 Å². The fourth-order valence-electron chi connectivity index (χ4n) is 3.63. The average molecular weight is 439 g/mol. The van der Waals surface area contributed by atoms with Gasteiger partial charge < -0.3 is 24.4 Å². The quantitative estimate of drug-likeness (QED) is 0.578. The van der Waals surface area contributed by atoms with E-state index in [1.165, 1.54) is 48.4 Å². The van der Waals surface area contributed by atoms with E-state index in [4.69, 9.17) is 14.2 Å². The minimum atomic E-state index is -1.17. The van der Waals surface area contributed by atoms with E-state index >= 15 is 0 Å². The van der Waals surface area contributed by atoms with Gasteiger partial charge in [-0.1, -0.05) is 18.2 Å². The summed E-state index contributed by atoms with van der Waals surface area (Å²) in [6.45, 7) is -0.142. The maximum atomic E-state index is 13.4. The number of cyclic esters (lactones) is 1. The second kappa shape index (κ2) is 9.15. The molecule has 0 saturated carbocycles. The zero-order valence-corrected chi connectivity index (χ0v) is 17.2. The number of carbonyl (C=O) groups excluding carboxylic acids is 1. The van der Waals surface area contributed by atoms with Crippen LogP contribution >= 0.6 is 0 Å². The molecule has 1 amide bonds. The fraction of sp³-hybridized carbons (Fsp3) is 0.208. The van der Waals surface area contributed by atoms with Gasteiger partial charge in [-0.25, -0.2) is 9.18 Å². The Kier molecular flexibility index (Phi) is 6.13. The lowest BCUT2D eigenvalue weighted by Gasteiger charge is -2.27. The van der Waals surface area contributed by atoms with Crippen LogP contribution in [0, 0.1) is 5.82 Å². The molecule has 1 aliphatic rings. The minimum Gasteiger partial charge on any atom is -0.508 e. The Hall–Kier alpha value is -3.78. The third-order valence-electron chi connectivity index (χ3n) is 5.20. The van der Waals surface area contributed by atoms with E-state index in [0.29, 0.717) is 22.7 Å². The molecule has 2 N–H and O–H groups in total. The molecule has 0 bridgehead atoms. The smallest absolute Gasteiger partial charge is 0.415 e. The summed E-state index contributed by atoms with van der Waals surface area (Å²) in [6.07, 6.45) is -2.82. The highest BCUT2D eigenvalue weighted by atomic mass is 19.1. The van der Waals surface area contributed by atoms with Crippen molar-refractivity contribution in [3.63, 3.8) is 0 Å². The summed E-state index contributed by atoms with van der Waals surface area (Å²) < 4.78 is 29.8. The van der Waals surface area contributed by atoms with Gasteiger partial charge in [0.25, 0.3) is 0 Å². The molecule has 2 unspecified atom stereocenters. The number of halogens is 1. The lowest BCUT2D eigenvalue weighted by Crippen LogP contribution is -2.38. The van der Waals surface area contributed by atoms with Gasteiger partial charge in [0, 0.05) is 11.8 Å². The molecule has 1 saturated heterocycles. The molecule has 1 aliphatic heterocycles. The van der Waals surface area contributed by atoms with Gasteiger partial charge in [-0.3, -0.25) is 4.90 Å². The largest absolute Gasteiger partial charge is 0.508 e. The molecule has 3 aromatic carbocycles. The summed E-state index contributed by atoms with van der Waals surface area (Å²) in [5.41, 5.74) is 1.04. The number of aromatic hydroxyl groups is 1. The molecule has 0 aromatic heterocycles. The second-order valence-corrected chi connectivity index (χ2v) is 7.29. The first-order valence-electron chi connectivity index (χ1n) is 9.95. The van der Waals surface area contributed by atoms with Crippen LogP contribution in [0.15, 0.2) is 72.8 Å².